The summed E-state index contributed by atoms with van der Waals surface area (Å²) < 4.78 is 48.8. The lowest BCUT2D eigenvalue weighted by Crippen LogP contribution is -2.19. The van der Waals surface area contributed by atoms with E-state index in [9.17, 15) is 17.2 Å². The molecule has 3 nitrogen and oxygen atoms in total. The molecule has 1 aromatic carbocycles. The monoisotopic (exact) mass is 289 g/mol. The SMILES string of the molecule is O=S1(=O)CCC(CCNCc2cccc(F)c2F)C1. The van der Waals surface area contributed by atoms with Crippen molar-refractivity contribution in [2.24, 2.45) is 5.92 Å². The third-order valence-electron chi connectivity index (χ3n) is 3.40. The normalized spacial score (nSPS) is 21.7. The number of nitrogens with one attached hydrogen (secondary N) is 1. The molecular weight excluding hydrogens is 272 g/mol. The van der Waals surface area contributed by atoms with E-state index in [0.717, 1.165) is 12.5 Å². The Labute approximate surface area is 111 Å². The van der Waals surface area contributed by atoms with Crippen LogP contribution in [0.2, 0.25) is 0 Å². The van der Waals surface area contributed by atoms with Crippen molar-refractivity contribution in [3.8, 4) is 0 Å². The van der Waals surface area contributed by atoms with Gasteiger partial charge >= 0.3 is 0 Å². The molecule has 0 spiro atoms. The zero-order chi connectivity index (χ0) is 13.9. The van der Waals surface area contributed by atoms with Gasteiger partial charge in [-0.15, -0.1) is 0 Å². The smallest absolute Gasteiger partial charge is 0.163 e. The number of benzene rings is 1. The highest BCUT2D eigenvalue weighted by Crippen LogP contribution is 2.21. The molecule has 1 aliphatic rings. The first-order chi connectivity index (χ1) is 8.98. The summed E-state index contributed by atoms with van der Waals surface area (Å²) in [6, 6.07) is 4.09. The van der Waals surface area contributed by atoms with Gasteiger partial charge in [-0.25, -0.2) is 17.2 Å². The summed E-state index contributed by atoms with van der Waals surface area (Å²) in [7, 11) is -2.83. The molecule has 1 unspecified atom stereocenters. The molecule has 1 N–H and O–H groups in total. The zero-order valence-corrected chi connectivity index (χ0v) is 11.3. The molecule has 2 rings (SSSR count). The summed E-state index contributed by atoms with van der Waals surface area (Å²) >= 11 is 0. The molecule has 19 heavy (non-hydrogen) atoms. The Hall–Kier alpha value is -1.01. The second-order valence-electron chi connectivity index (χ2n) is 4.95. The van der Waals surface area contributed by atoms with Crippen LogP contribution in [0.5, 0.6) is 0 Å². The first kappa shape index (κ1) is 14.4. The Morgan fingerprint density at radius 1 is 1.32 bits per heavy atom. The molecule has 106 valence electrons. The van der Waals surface area contributed by atoms with Crippen LogP contribution < -0.4 is 5.32 Å². The zero-order valence-electron chi connectivity index (χ0n) is 10.5. The van der Waals surface area contributed by atoms with Gasteiger partial charge in [-0.1, -0.05) is 12.1 Å². The van der Waals surface area contributed by atoms with E-state index in [2.05, 4.69) is 5.32 Å². The summed E-state index contributed by atoms with van der Waals surface area (Å²) in [5, 5.41) is 3.02. The van der Waals surface area contributed by atoms with E-state index in [1.165, 1.54) is 12.1 Å². The highest BCUT2D eigenvalue weighted by Gasteiger charge is 2.27. The summed E-state index contributed by atoms with van der Waals surface area (Å²) in [4.78, 5) is 0. The van der Waals surface area contributed by atoms with Gasteiger partial charge < -0.3 is 5.32 Å². The molecular formula is C13H17F2NO2S. The van der Waals surface area contributed by atoms with Gasteiger partial charge in [0.2, 0.25) is 0 Å². The Kier molecular flexibility index (Phi) is 4.52. The highest BCUT2D eigenvalue weighted by atomic mass is 32.2. The molecule has 1 saturated heterocycles. The van der Waals surface area contributed by atoms with Crippen LogP contribution >= 0.6 is 0 Å². The standard InChI is InChI=1S/C13H17F2NO2S/c14-12-3-1-2-11(13(12)15)8-16-6-4-10-5-7-19(17,18)9-10/h1-3,10,16H,4-9H2. The van der Waals surface area contributed by atoms with Crippen LogP contribution in [0.4, 0.5) is 8.78 Å². The van der Waals surface area contributed by atoms with Crippen LogP contribution in [-0.2, 0) is 16.4 Å². The third-order valence-corrected chi connectivity index (χ3v) is 5.24. The number of hydrogen-bond donors (Lipinski definition) is 1. The minimum Gasteiger partial charge on any atom is -0.313 e. The van der Waals surface area contributed by atoms with Gasteiger partial charge in [-0.2, -0.15) is 0 Å². The van der Waals surface area contributed by atoms with Crippen molar-refractivity contribution < 1.29 is 17.2 Å². The number of hydrogen-bond acceptors (Lipinski definition) is 3. The molecule has 0 amide bonds. The first-order valence-corrected chi connectivity index (χ1v) is 8.14. The summed E-state index contributed by atoms with van der Waals surface area (Å²) in [6.45, 7) is 0.860. The molecule has 0 aromatic heterocycles. The fraction of sp³-hybridized carbons (Fsp3) is 0.538. The molecule has 0 radical (unpaired) electrons. The maximum atomic E-state index is 13.3. The number of sulfone groups is 1. The van der Waals surface area contributed by atoms with Crippen molar-refractivity contribution in [2.75, 3.05) is 18.1 Å². The molecule has 1 atom stereocenters. The molecule has 0 saturated carbocycles. The van der Waals surface area contributed by atoms with Gasteiger partial charge in [0.05, 0.1) is 11.5 Å². The van der Waals surface area contributed by atoms with E-state index in [0.29, 0.717) is 18.5 Å². The fourth-order valence-corrected chi connectivity index (χ4v) is 4.22. The van der Waals surface area contributed by atoms with Gasteiger partial charge in [0.15, 0.2) is 21.5 Å². The van der Waals surface area contributed by atoms with Crippen molar-refractivity contribution >= 4 is 9.84 Å². The molecule has 6 heteroatoms. The molecule has 0 aliphatic carbocycles. The Bertz CT molecular complexity index is 546. The predicted molar refractivity (Wildman–Crippen MR) is 69.4 cm³/mol. The molecule has 1 aromatic rings. The second kappa shape index (κ2) is 5.96. The van der Waals surface area contributed by atoms with Crippen LogP contribution in [0.1, 0.15) is 18.4 Å². The summed E-state index contributed by atoms with van der Waals surface area (Å²) in [5.41, 5.74) is 0.291. The number of rotatable bonds is 5. The lowest BCUT2D eigenvalue weighted by molar-refractivity contribution is 0.480. The lowest BCUT2D eigenvalue weighted by atomic mass is 10.1. The molecule has 1 aliphatic heterocycles. The van der Waals surface area contributed by atoms with Crippen molar-refractivity contribution in [3.05, 3.63) is 35.4 Å². The van der Waals surface area contributed by atoms with Crippen LogP contribution in [0.25, 0.3) is 0 Å². The van der Waals surface area contributed by atoms with E-state index in [1.54, 1.807) is 0 Å². The first-order valence-electron chi connectivity index (χ1n) is 6.32. The molecule has 0 bridgehead atoms. The maximum Gasteiger partial charge on any atom is 0.163 e. The minimum absolute atomic E-state index is 0.190. The molecule has 1 heterocycles. The van der Waals surface area contributed by atoms with E-state index >= 15 is 0 Å². The summed E-state index contributed by atoms with van der Waals surface area (Å²) in [6.07, 6.45) is 1.45. The average molecular weight is 289 g/mol. The topological polar surface area (TPSA) is 46.2 Å². The van der Waals surface area contributed by atoms with Gasteiger partial charge in [0.1, 0.15) is 0 Å². The maximum absolute atomic E-state index is 13.3. The fourth-order valence-electron chi connectivity index (χ4n) is 2.31. The van der Waals surface area contributed by atoms with E-state index in [-0.39, 0.29) is 24.0 Å². The summed E-state index contributed by atoms with van der Waals surface area (Å²) in [5.74, 6) is -0.950. The van der Waals surface area contributed by atoms with Crippen LogP contribution in [0.15, 0.2) is 18.2 Å². The Morgan fingerprint density at radius 3 is 2.79 bits per heavy atom. The predicted octanol–water partition coefficient (Wildman–Crippen LogP) is 1.88. The Morgan fingerprint density at radius 2 is 2.11 bits per heavy atom. The van der Waals surface area contributed by atoms with Gasteiger partial charge in [-0.05, 0) is 31.4 Å². The molecule has 1 fully saturated rings. The van der Waals surface area contributed by atoms with Crippen LogP contribution in [0, 0.1) is 17.6 Å². The van der Waals surface area contributed by atoms with Crippen LogP contribution in [0.3, 0.4) is 0 Å². The third kappa shape index (κ3) is 3.98. The van der Waals surface area contributed by atoms with E-state index < -0.39 is 21.5 Å². The van der Waals surface area contributed by atoms with Gasteiger partial charge in [0, 0.05) is 12.1 Å². The average Bonchev–Trinajstić information content (AvgIpc) is 2.69. The van der Waals surface area contributed by atoms with Gasteiger partial charge in [-0.3, -0.25) is 0 Å². The largest absolute Gasteiger partial charge is 0.313 e. The van der Waals surface area contributed by atoms with Crippen molar-refractivity contribution in [1.82, 2.24) is 5.32 Å². The van der Waals surface area contributed by atoms with E-state index in [1.807, 2.05) is 0 Å². The van der Waals surface area contributed by atoms with Crippen LogP contribution in [-0.4, -0.2) is 26.5 Å². The Balaban J connectivity index is 1.74. The van der Waals surface area contributed by atoms with Crippen molar-refractivity contribution in [2.45, 2.75) is 19.4 Å². The number of halogens is 2. The van der Waals surface area contributed by atoms with Crippen molar-refractivity contribution in [3.63, 3.8) is 0 Å². The lowest BCUT2D eigenvalue weighted by Gasteiger charge is -2.09. The van der Waals surface area contributed by atoms with E-state index in [4.69, 9.17) is 0 Å². The highest BCUT2D eigenvalue weighted by molar-refractivity contribution is 7.91. The minimum atomic E-state index is -2.83. The second-order valence-corrected chi connectivity index (χ2v) is 7.18. The van der Waals surface area contributed by atoms with Gasteiger partial charge in [0.25, 0.3) is 0 Å². The quantitative estimate of drug-likeness (QED) is 0.842. The van der Waals surface area contributed by atoms with Crippen molar-refractivity contribution in [1.29, 1.82) is 0 Å².